The standard InChI is InChI=1S/C32H34N2O5/c1-6-28(32(37)38)39-19-23-9-7-8-22(16-23)18-34-21(3)29(30(35)24-12-10-20(2)11-13-24)26-15-14-25(17-27(26)34)31(36)33(4)5/h7-17,28H,6,18-19H2,1-5H3,(H,37,38). The minimum atomic E-state index is -0.975. The maximum atomic E-state index is 13.7. The molecule has 4 rings (SSSR count). The van der Waals surface area contributed by atoms with Crippen LogP contribution in [-0.2, 0) is 22.7 Å². The molecule has 0 aliphatic rings. The largest absolute Gasteiger partial charge is 0.479 e. The fourth-order valence-corrected chi connectivity index (χ4v) is 4.77. The molecule has 0 fully saturated rings. The number of aromatic nitrogens is 1. The summed E-state index contributed by atoms with van der Waals surface area (Å²) in [5, 5.41) is 10.1. The molecule has 0 aliphatic heterocycles. The van der Waals surface area contributed by atoms with Crippen molar-refractivity contribution in [2.24, 2.45) is 0 Å². The smallest absolute Gasteiger partial charge is 0.332 e. The predicted molar refractivity (Wildman–Crippen MR) is 151 cm³/mol. The van der Waals surface area contributed by atoms with Crippen LogP contribution in [0.3, 0.4) is 0 Å². The highest BCUT2D eigenvalue weighted by atomic mass is 16.5. The molecule has 1 amide bonds. The van der Waals surface area contributed by atoms with Gasteiger partial charge >= 0.3 is 5.97 Å². The number of carbonyl (C=O) groups is 3. The summed E-state index contributed by atoms with van der Waals surface area (Å²) < 4.78 is 7.67. The van der Waals surface area contributed by atoms with Crippen LogP contribution in [0.1, 0.15) is 62.0 Å². The van der Waals surface area contributed by atoms with Crippen LogP contribution >= 0.6 is 0 Å². The Bertz CT molecular complexity index is 1530. The van der Waals surface area contributed by atoms with Crippen LogP contribution in [0.5, 0.6) is 0 Å². The molecule has 0 spiro atoms. The quantitative estimate of drug-likeness (QED) is 0.271. The summed E-state index contributed by atoms with van der Waals surface area (Å²) in [5.41, 5.74) is 6.29. The molecule has 39 heavy (non-hydrogen) atoms. The third-order valence-electron chi connectivity index (χ3n) is 6.95. The van der Waals surface area contributed by atoms with Gasteiger partial charge in [0.15, 0.2) is 11.9 Å². The van der Waals surface area contributed by atoms with Crippen molar-refractivity contribution in [3.05, 3.63) is 106 Å². The lowest BCUT2D eigenvalue weighted by molar-refractivity contribution is -0.151. The van der Waals surface area contributed by atoms with Crippen molar-refractivity contribution < 1.29 is 24.2 Å². The van der Waals surface area contributed by atoms with Crippen molar-refractivity contribution in [1.29, 1.82) is 0 Å². The number of amides is 1. The number of nitrogens with zero attached hydrogens (tertiary/aromatic N) is 2. The predicted octanol–water partition coefficient (Wildman–Crippen LogP) is 5.62. The maximum Gasteiger partial charge on any atom is 0.332 e. The Kier molecular flexibility index (Phi) is 8.31. The number of carboxylic acid groups (broad SMARTS) is 1. The fourth-order valence-electron chi connectivity index (χ4n) is 4.77. The monoisotopic (exact) mass is 526 g/mol. The van der Waals surface area contributed by atoms with Crippen molar-refractivity contribution in [2.45, 2.75) is 46.4 Å². The molecule has 1 aromatic heterocycles. The average Bonchev–Trinajstić information content (AvgIpc) is 3.18. The number of aryl methyl sites for hydroxylation is 1. The molecule has 0 bridgehead atoms. The molecular weight excluding hydrogens is 492 g/mol. The van der Waals surface area contributed by atoms with E-state index in [-0.39, 0.29) is 18.3 Å². The van der Waals surface area contributed by atoms with Gasteiger partial charge in [-0.25, -0.2) is 4.79 Å². The van der Waals surface area contributed by atoms with Crippen LogP contribution in [0.15, 0.2) is 66.7 Å². The van der Waals surface area contributed by atoms with E-state index in [1.54, 1.807) is 27.1 Å². The Balaban J connectivity index is 1.77. The number of rotatable bonds is 10. The number of ether oxygens (including phenoxy) is 1. The van der Waals surface area contributed by atoms with Gasteiger partial charge < -0.3 is 19.3 Å². The van der Waals surface area contributed by atoms with Crippen LogP contribution in [0.2, 0.25) is 0 Å². The highest BCUT2D eigenvalue weighted by Gasteiger charge is 2.23. The molecule has 4 aromatic rings. The number of hydrogen-bond donors (Lipinski definition) is 1. The van der Waals surface area contributed by atoms with Crippen LogP contribution in [0, 0.1) is 13.8 Å². The lowest BCUT2D eigenvalue weighted by Crippen LogP contribution is -2.22. The van der Waals surface area contributed by atoms with E-state index in [1.807, 2.05) is 74.5 Å². The minimum Gasteiger partial charge on any atom is -0.479 e. The Morgan fingerprint density at radius 3 is 2.23 bits per heavy atom. The first-order valence-electron chi connectivity index (χ1n) is 13.0. The number of hydrogen-bond acceptors (Lipinski definition) is 4. The number of carboxylic acids is 1. The molecule has 202 valence electrons. The number of ketones is 1. The molecule has 3 aromatic carbocycles. The van der Waals surface area contributed by atoms with Crippen molar-refractivity contribution in [3.63, 3.8) is 0 Å². The zero-order chi connectivity index (χ0) is 28.3. The van der Waals surface area contributed by atoms with Crippen molar-refractivity contribution in [3.8, 4) is 0 Å². The first-order valence-corrected chi connectivity index (χ1v) is 13.0. The van der Waals surface area contributed by atoms with Gasteiger partial charge in [-0.3, -0.25) is 9.59 Å². The van der Waals surface area contributed by atoms with Gasteiger partial charge in [-0.15, -0.1) is 0 Å². The Morgan fingerprint density at radius 1 is 0.923 bits per heavy atom. The number of carbonyl (C=O) groups excluding carboxylic acids is 2. The van der Waals surface area contributed by atoms with Gasteiger partial charge in [-0.1, -0.05) is 67.1 Å². The summed E-state index contributed by atoms with van der Waals surface area (Å²) in [6.07, 6.45) is -0.470. The molecule has 0 saturated heterocycles. The minimum absolute atomic E-state index is 0.0654. The fraction of sp³-hybridized carbons (Fsp3) is 0.281. The number of fused-ring (bicyclic) bond motifs is 1. The Morgan fingerprint density at radius 2 is 1.59 bits per heavy atom. The molecular formula is C32H34N2O5. The summed E-state index contributed by atoms with van der Waals surface area (Å²) in [6, 6.07) is 20.8. The molecule has 0 radical (unpaired) electrons. The highest BCUT2D eigenvalue weighted by Crippen LogP contribution is 2.30. The van der Waals surface area contributed by atoms with E-state index in [0.717, 1.165) is 33.3 Å². The zero-order valence-electron chi connectivity index (χ0n) is 23.0. The van der Waals surface area contributed by atoms with Crippen LogP contribution in [0.25, 0.3) is 10.9 Å². The second-order valence-corrected chi connectivity index (χ2v) is 10.0. The van der Waals surface area contributed by atoms with E-state index in [1.165, 1.54) is 4.90 Å². The van der Waals surface area contributed by atoms with E-state index in [4.69, 9.17) is 4.74 Å². The molecule has 1 unspecified atom stereocenters. The van der Waals surface area contributed by atoms with Gasteiger partial charge in [-0.05, 0) is 43.5 Å². The van der Waals surface area contributed by atoms with E-state index in [9.17, 15) is 19.5 Å². The normalized spacial score (nSPS) is 11.9. The van der Waals surface area contributed by atoms with E-state index in [2.05, 4.69) is 4.57 Å². The van der Waals surface area contributed by atoms with Crippen molar-refractivity contribution in [1.82, 2.24) is 9.47 Å². The average molecular weight is 527 g/mol. The molecule has 7 nitrogen and oxygen atoms in total. The van der Waals surface area contributed by atoms with Gasteiger partial charge in [0.05, 0.1) is 17.7 Å². The first-order chi connectivity index (χ1) is 18.6. The number of aliphatic carboxylic acids is 1. The molecule has 0 saturated carbocycles. The summed E-state index contributed by atoms with van der Waals surface area (Å²) in [4.78, 5) is 39.4. The second kappa shape index (κ2) is 11.7. The first kappa shape index (κ1) is 27.8. The lowest BCUT2D eigenvalue weighted by Gasteiger charge is -2.14. The van der Waals surface area contributed by atoms with Crippen molar-refractivity contribution in [2.75, 3.05) is 14.1 Å². The molecule has 1 atom stereocenters. The third kappa shape index (κ3) is 5.94. The molecule has 1 heterocycles. The summed E-state index contributed by atoms with van der Waals surface area (Å²) in [6.45, 7) is 6.34. The Hall–Kier alpha value is -4.23. The third-order valence-corrected chi connectivity index (χ3v) is 6.95. The zero-order valence-corrected chi connectivity index (χ0v) is 23.0. The summed E-state index contributed by atoms with van der Waals surface area (Å²) in [5.74, 6) is -1.15. The SMILES string of the molecule is CCC(OCc1cccc(Cn2c(C)c(C(=O)c3ccc(C)cc3)c3ccc(C(=O)N(C)C)cc32)c1)C(=O)O. The molecule has 0 aliphatic carbocycles. The van der Waals surface area contributed by atoms with E-state index < -0.39 is 12.1 Å². The highest BCUT2D eigenvalue weighted by molar-refractivity contribution is 6.18. The summed E-state index contributed by atoms with van der Waals surface area (Å²) in [7, 11) is 3.42. The van der Waals surface area contributed by atoms with E-state index in [0.29, 0.717) is 29.7 Å². The van der Waals surface area contributed by atoms with Crippen LogP contribution in [0.4, 0.5) is 0 Å². The van der Waals surface area contributed by atoms with Gasteiger partial charge in [0, 0.05) is 42.8 Å². The molecule has 7 heteroatoms. The van der Waals surface area contributed by atoms with Crippen LogP contribution in [-0.4, -0.2) is 52.4 Å². The topological polar surface area (TPSA) is 88.8 Å². The second-order valence-electron chi connectivity index (χ2n) is 10.0. The van der Waals surface area contributed by atoms with Gasteiger partial charge in [0.1, 0.15) is 0 Å². The van der Waals surface area contributed by atoms with E-state index >= 15 is 0 Å². The number of benzene rings is 3. The van der Waals surface area contributed by atoms with Gasteiger partial charge in [-0.2, -0.15) is 0 Å². The van der Waals surface area contributed by atoms with Crippen LogP contribution < -0.4 is 0 Å². The molecule has 1 N–H and O–H groups in total. The van der Waals surface area contributed by atoms with Gasteiger partial charge in [0.25, 0.3) is 5.91 Å². The lowest BCUT2D eigenvalue weighted by atomic mass is 9.99. The van der Waals surface area contributed by atoms with Gasteiger partial charge in [0.2, 0.25) is 0 Å². The maximum absolute atomic E-state index is 13.7. The Labute approximate surface area is 228 Å². The van der Waals surface area contributed by atoms with Crippen molar-refractivity contribution >= 4 is 28.6 Å². The summed E-state index contributed by atoms with van der Waals surface area (Å²) >= 11 is 0.